The number of benzene rings is 3. The van der Waals surface area contributed by atoms with Crippen LogP contribution in [0.2, 0.25) is 0 Å². The second-order valence-electron chi connectivity index (χ2n) is 9.51. The minimum atomic E-state index is 0.898. The number of rotatable bonds is 3. The van der Waals surface area contributed by atoms with Crippen LogP contribution in [0.1, 0.15) is 33.8 Å². The Hall–Kier alpha value is -3.92. The molecule has 3 heterocycles. The zero-order valence-corrected chi connectivity index (χ0v) is 20.4. The van der Waals surface area contributed by atoms with Crippen LogP contribution < -0.4 is 4.57 Å². The van der Waals surface area contributed by atoms with Crippen molar-refractivity contribution < 1.29 is 4.57 Å². The molecule has 0 fully saturated rings. The Kier molecular flexibility index (Phi) is 4.59. The molecule has 0 radical (unpaired) electrons. The third kappa shape index (κ3) is 3.06. The van der Waals surface area contributed by atoms with Crippen molar-refractivity contribution in [1.82, 2.24) is 14.1 Å². The molecule has 4 heteroatoms. The van der Waals surface area contributed by atoms with Crippen molar-refractivity contribution >= 4 is 0 Å². The average Bonchev–Trinajstić information content (AvgIpc) is 3.43. The van der Waals surface area contributed by atoms with E-state index < -0.39 is 0 Å². The maximum Gasteiger partial charge on any atom is 0.294 e. The molecule has 6 rings (SSSR count). The van der Waals surface area contributed by atoms with Gasteiger partial charge in [0.1, 0.15) is 17.7 Å². The minimum Gasteiger partial charge on any atom is -0.303 e. The maximum atomic E-state index is 4.73. The van der Waals surface area contributed by atoms with Crippen molar-refractivity contribution in [3.05, 3.63) is 107 Å². The largest absolute Gasteiger partial charge is 0.303 e. The first kappa shape index (κ1) is 20.7. The third-order valence-electron chi connectivity index (χ3n) is 7.08. The van der Waals surface area contributed by atoms with Crippen LogP contribution in [0.5, 0.6) is 0 Å². The highest BCUT2D eigenvalue weighted by Gasteiger charge is 2.29. The molecule has 4 nitrogen and oxygen atoms in total. The zero-order valence-electron chi connectivity index (χ0n) is 20.4. The molecule has 5 aromatic rings. The first-order valence-electron chi connectivity index (χ1n) is 11.8. The average molecular weight is 446 g/mol. The van der Waals surface area contributed by atoms with Gasteiger partial charge in [0.2, 0.25) is 0 Å². The van der Waals surface area contributed by atoms with E-state index >= 15 is 0 Å². The van der Waals surface area contributed by atoms with Gasteiger partial charge < -0.3 is 4.57 Å². The van der Waals surface area contributed by atoms with Gasteiger partial charge in [-0.2, -0.15) is 4.57 Å². The number of hydrogen-bond acceptors (Lipinski definition) is 1. The molecule has 0 atom stereocenters. The van der Waals surface area contributed by atoms with E-state index in [1.54, 1.807) is 0 Å². The van der Waals surface area contributed by atoms with Gasteiger partial charge in [-0.25, -0.2) is 9.55 Å². The molecule has 34 heavy (non-hydrogen) atoms. The van der Waals surface area contributed by atoms with Crippen molar-refractivity contribution in [2.24, 2.45) is 7.05 Å². The summed E-state index contributed by atoms with van der Waals surface area (Å²) in [7, 11) is 2.18. The molecule has 0 spiro atoms. The van der Waals surface area contributed by atoms with Gasteiger partial charge in [0.05, 0.1) is 24.0 Å². The Morgan fingerprint density at radius 1 is 0.853 bits per heavy atom. The van der Waals surface area contributed by atoms with E-state index in [4.69, 9.17) is 4.98 Å². The lowest BCUT2D eigenvalue weighted by Gasteiger charge is -2.09. The minimum absolute atomic E-state index is 0.898. The van der Waals surface area contributed by atoms with Gasteiger partial charge in [-0.05, 0) is 68.1 Å². The first-order valence-corrected chi connectivity index (χ1v) is 11.8. The lowest BCUT2D eigenvalue weighted by atomic mass is 10.0. The molecule has 0 bridgehead atoms. The zero-order chi connectivity index (χ0) is 23.6. The summed E-state index contributed by atoms with van der Waals surface area (Å²) in [6.45, 7) is 8.68. The summed E-state index contributed by atoms with van der Waals surface area (Å²) in [6.07, 6.45) is 5.36. The summed E-state index contributed by atoms with van der Waals surface area (Å²) in [5.74, 6) is 2.30. The van der Waals surface area contributed by atoms with E-state index in [0.717, 1.165) is 17.9 Å². The van der Waals surface area contributed by atoms with Crippen molar-refractivity contribution in [1.29, 1.82) is 0 Å². The standard InChI is InChI=1S/C30H29N4/c1-19-10-9-11-20(2)29(19)34-18-27(32(5)30(34)23-12-7-6-8-13-23)25-16-26-24(14-21(25)3)15-28-31-22(4)17-33(26)28/h6-14,16-18H,15H2,1-5H3/q+1. The second kappa shape index (κ2) is 7.56. The van der Waals surface area contributed by atoms with E-state index in [1.165, 1.54) is 56.3 Å². The highest BCUT2D eigenvalue weighted by atomic mass is 15.2. The number of aryl methyl sites for hydroxylation is 4. The maximum absolute atomic E-state index is 4.73. The van der Waals surface area contributed by atoms with Crippen molar-refractivity contribution in [2.45, 2.75) is 34.1 Å². The van der Waals surface area contributed by atoms with Crippen LogP contribution in [0.4, 0.5) is 0 Å². The first-order chi connectivity index (χ1) is 16.4. The van der Waals surface area contributed by atoms with E-state index in [2.05, 4.69) is 122 Å². The van der Waals surface area contributed by atoms with Gasteiger partial charge in [-0.3, -0.25) is 0 Å². The predicted octanol–water partition coefficient (Wildman–Crippen LogP) is 5.96. The second-order valence-corrected chi connectivity index (χ2v) is 9.51. The number of fused-ring (bicyclic) bond motifs is 3. The summed E-state index contributed by atoms with van der Waals surface area (Å²) < 4.78 is 6.97. The predicted molar refractivity (Wildman–Crippen MR) is 137 cm³/mol. The Labute approximate surface area is 200 Å². The lowest BCUT2D eigenvalue weighted by molar-refractivity contribution is -0.583. The van der Waals surface area contributed by atoms with Crippen molar-refractivity contribution in [3.8, 4) is 34.0 Å². The fraction of sp³-hybridized carbons (Fsp3) is 0.200. The van der Waals surface area contributed by atoms with Gasteiger partial charge in [-0.15, -0.1) is 0 Å². The molecule has 3 aromatic carbocycles. The number of nitrogens with zero attached hydrogens (tertiary/aromatic N) is 4. The van der Waals surface area contributed by atoms with Crippen LogP contribution in [0.3, 0.4) is 0 Å². The molecule has 2 aromatic heterocycles. The summed E-state index contributed by atoms with van der Waals surface area (Å²) in [6, 6.07) is 21.9. The van der Waals surface area contributed by atoms with E-state index in [1.807, 2.05) is 0 Å². The van der Waals surface area contributed by atoms with E-state index in [0.29, 0.717) is 0 Å². The Balaban J connectivity index is 1.62. The molecule has 0 aliphatic carbocycles. The van der Waals surface area contributed by atoms with Crippen LogP contribution in [-0.4, -0.2) is 14.1 Å². The van der Waals surface area contributed by atoms with Gasteiger partial charge in [0.15, 0.2) is 5.69 Å². The summed E-state index contributed by atoms with van der Waals surface area (Å²) in [5, 5.41) is 0. The Morgan fingerprint density at radius 3 is 2.32 bits per heavy atom. The molecule has 0 amide bonds. The van der Waals surface area contributed by atoms with Crippen LogP contribution in [0, 0.1) is 27.7 Å². The van der Waals surface area contributed by atoms with Crippen LogP contribution in [-0.2, 0) is 13.5 Å². The molecule has 0 N–H and O–H groups in total. The normalized spacial score (nSPS) is 12.1. The SMILES string of the molecule is Cc1cn2c(n1)Cc1cc(C)c(-c3c[n+](-c4c(C)cccc4C)c(-c4ccccc4)n3C)cc1-2. The van der Waals surface area contributed by atoms with Crippen molar-refractivity contribution in [3.63, 3.8) is 0 Å². The monoisotopic (exact) mass is 445 g/mol. The van der Waals surface area contributed by atoms with Gasteiger partial charge in [-0.1, -0.05) is 42.5 Å². The van der Waals surface area contributed by atoms with Crippen LogP contribution in [0.15, 0.2) is 73.1 Å². The topological polar surface area (TPSA) is 26.6 Å². The highest BCUT2D eigenvalue weighted by Crippen LogP contribution is 2.35. The van der Waals surface area contributed by atoms with E-state index in [-0.39, 0.29) is 0 Å². The smallest absolute Gasteiger partial charge is 0.294 e. The summed E-state index contributed by atoms with van der Waals surface area (Å²) >= 11 is 0. The lowest BCUT2D eigenvalue weighted by Crippen LogP contribution is -2.33. The third-order valence-corrected chi connectivity index (χ3v) is 7.08. The van der Waals surface area contributed by atoms with Gasteiger partial charge in [0.25, 0.3) is 5.82 Å². The molecule has 0 saturated carbocycles. The number of imidazole rings is 2. The Bertz CT molecular complexity index is 1550. The fourth-order valence-electron chi connectivity index (χ4n) is 5.52. The summed E-state index contributed by atoms with van der Waals surface area (Å²) in [5.41, 5.74) is 12.4. The highest BCUT2D eigenvalue weighted by molar-refractivity contribution is 5.71. The van der Waals surface area contributed by atoms with Crippen LogP contribution in [0.25, 0.3) is 34.0 Å². The number of aromatic nitrogens is 4. The fourth-order valence-corrected chi connectivity index (χ4v) is 5.52. The number of para-hydroxylation sites is 1. The molecule has 1 aliphatic rings. The summed E-state index contributed by atoms with van der Waals surface area (Å²) in [4.78, 5) is 4.73. The van der Waals surface area contributed by atoms with Crippen molar-refractivity contribution in [2.75, 3.05) is 0 Å². The molecule has 1 aliphatic heterocycles. The molecule has 0 saturated heterocycles. The molecule has 168 valence electrons. The van der Waals surface area contributed by atoms with Gasteiger partial charge in [0, 0.05) is 18.2 Å². The van der Waals surface area contributed by atoms with Crippen LogP contribution >= 0.6 is 0 Å². The Morgan fingerprint density at radius 2 is 1.59 bits per heavy atom. The molecule has 0 unspecified atom stereocenters. The quantitative estimate of drug-likeness (QED) is 0.309. The van der Waals surface area contributed by atoms with E-state index in [9.17, 15) is 0 Å². The van der Waals surface area contributed by atoms with Gasteiger partial charge >= 0.3 is 0 Å². The number of hydrogen-bond donors (Lipinski definition) is 0. The molecular weight excluding hydrogens is 416 g/mol. The molecular formula is C30H29N4+.